The largest absolute Gasteiger partial charge is 0.497 e. The van der Waals surface area contributed by atoms with Crippen molar-refractivity contribution in [2.45, 2.75) is 6.92 Å². The summed E-state index contributed by atoms with van der Waals surface area (Å²) in [6, 6.07) is 9.88. The van der Waals surface area contributed by atoms with Gasteiger partial charge >= 0.3 is 0 Å². The van der Waals surface area contributed by atoms with Gasteiger partial charge < -0.3 is 9.47 Å². The topological polar surface area (TPSA) is 44.2 Å². The predicted molar refractivity (Wildman–Crippen MR) is 82.8 cm³/mol. The number of aromatic nitrogens is 2. The minimum Gasteiger partial charge on any atom is -0.497 e. The highest BCUT2D eigenvalue weighted by Gasteiger charge is 2.11. The summed E-state index contributed by atoms with van der Waals surface area (Å²) in [6.45, 7) is 2.02. The fourth-order valence-electron chi connectivity index (χ4n) is 2.32. The molecule has 0 aliphatic carbocycles. The average Bonchev–Trinajstić information content (AvgIpc) is 2.54. The van der Waals surface area contributed by atoms with Gasteiger partial charge in [0.25, 0.3) is 0 Å². The van der Waals surface area contributed by atoms with E-state index in [0.29, 0.717) is 5.88 Å². The molecule has 4 nitrogen and oxygen atoms in total. The molecular formula is C17H16N2O2. The van der Waals surface area contributed by atoms with E-state index in [1.807, 2.05) is 43.5 Å². The summed E-state index contributed by atoms with van der Waals surface area (Å²) in [5.41, 5.74) is 2.97. The number of methoxy groups -OCH3 is 2. The summed E-state index contributed by atoms with van der Waals surface area (Å²) in [4.78, 5) is 8.86. The summed E-state index contributed by atoms with van der Waals surface area (Å²) in [6.07, 6.45) is 3.64. The summed E-state index contributed by atoms with van der Waals surface area (Å²) >= 11 is 0. The van der Waals surface area contributed by atoms with E-state index in [0.717, 1.165) is 33.3 Å². The number of aryl methyl sites for hydroxylation is 1. The van der Waals surface area contributed by atoms with Gasteiger partial charge in [0.2, 0.25) is 5.88 Å². The molecule has 0 radical (unpaired) electrons. The molecule has 3 aromatic rings. The predicted octanol–water partition coefficient (Wildman–Crippen LogP) is 3.62. The van der Waals surface area contributed by atoms with Gasteiger partial charge in [-0.3, -0.25) is 4.98 Å². The molecule has 1 aromatic carbocycles. The highest BCUT2D eigenvalue weighted by atomic mass is 16.5. The van der Waals surface area contributed by atoms with Gasteiger partial charge in [0, 0.05) is 28.7 Å². The van der Waals surface area contributed by atoms with Crippen LogP contribution >= 0.6 is 0 Å². The van der Waals surface area contributed by atoms with Crippen molar-refractivity contribution in [3.63, 3.8) is 0 Å². The van der Waals surface area contributed by atoms with E-state index < -0.39 is 0 Å². The Morgan fingerprint density at radius 3 is 2.38 bits per heavy atom. The lowest BCUT2D eigenvalue weighted by Gasteiger charge is -2.11. The van der Waals surface area contributed by atoms with Gasteiger partial charge in [-0.1, -0.05) is 6.07 Å². The van der Waals surface area contributed by atoms with Crippen molar-refractivity contribution in [2.24, 2.45) is 0 Å². The Kier molecular flexibility index (Phi) is 3.44. The number of fused-ring (bicyclic) bond motifs is 1. The Morgan fingerprint density at radius 2 is 1.71 bits per heavy atom. The number of nitrogens with zero attached hydrogens (tertiary/aromatic N) is 2. The number of rotatable bonds is 3. The SMILES string of the molecule is COc1ccc2c(OC)ncc(-c3ccc(C)cn3)c2c1. The van der Waals surface area contributed by atoms with Gasteiger partial charge in [0.15, 0.2) is 0 Å². The number of pyridine rings is 2. The molecule has 0 N–H and O–H groups in total. The zero-order valence-corrected chi connectivity index (χ0v) is 12.3. The van der Waals surface area contributed by atoms with Crippen molar-refractivity contribution < 1.29 is 9.47 Å². The van der Waals surface area contributed by atoms with Crippen LogP contribution < -0.4 is 9.47 Å². The van der Waals surface area contributed by atoms with E-state index in [1.165, 1.54) is 0 Å². The lowest BCUT2D eigenvalue weighted by atomic mass is 10.0. The van der Waals surface area contributed by atoms with E-state index in [-0.39, 0.29) is 0 Å². The van der Waals surface area contributed by atoms with Crippen LogP contribution in [0.5, 0.6) is 11.6 Å². The van der Waals surface area contributed by atoms with Crippen LogP contribution in [0.1, 0.15) is 5.56 Å². The smallest absolute Gasteiger partial charge is 0.221 e. The average molecular weight is 280 g/mol. The van der Waals surface area contributed by atoms with Gasteiger partial charge in [-0.2, -0.15) is 0 Å². The summed E-state index contributed by atoms with van der Waals surface area (Å²) < 4.78 is 10.7. The lowest BCUT2D eigenvalue weighted by molar-refractivity contribution is 0.403. The molecular weight excluding hydrogens is 264 g/mol. The zero-order chi connectivity index (χ0) is 14.8. The lowest BCUT2D eigenvalue weighted by Crippen LogP contribution is -1.93. The molecule has 21 heavy (non-hydrogen) atoms. The summed E-state index contributed by atoms with van der Waals surface area (Å²) in [5, 5.41) is 1.95. The Bertz CT molecular complexity index is 783. The molecule has 106 valence electrons. The van der Waals surface area contributed by atoms with Crippen LogP contribution in [0.3, 0.4) is 0 Å². The molecule has 0 saturated carbocycles. The molecule has 0 aliphatic rings. The maximum absolute atomic E-state index is 5.34. The van der Waals surface area contributed by atoms with E-state index in [4.69, 9.17) is 9.47 Å². The van der Waals surface area contributed by atoms with Crippen molar-refractivity contribution in [2.75, 3.05) is 14.2 Å². The minimum atomic E-state index is 0.600. The van der Waals surface area contributed by atoms with Gasteiger partial charge in [-0.05, 0) is 36.8 Å². The Morgan fingerprint density at radius 1 is 0.857 bits per heavy atom. The van der Waals surface area contributed by atoms with Crippen LogP contribution in [-0.2, 0) is 0 Å². The first kappa shape index (κ1) is 13.4. The minimum absolute atomic E-state index is 0.600. The first-order valence-electron chi connectivity index (χ1n) is 6.66. The maximum Gasteiger partial charge on any atom is 0.221 e. The summed E-state index contributed by atoms with van der Waals surface area (Å²) in [5.74, 6) is 1.40. The van der Waals surface area contributed by atoms with E-state index in [9.17, 15) is 0 Å². The number of benzene rings is 1. The van der Waals surface area contributed by atoms with E-state index >= 15 is 0 Å². The van der Waals surface area contributed by atoms with Crippen LogP contribution in [-0.4, -0.2) is 24.2 Å². The first-order chi connectivity index (χ1) is 10.2. The monoisotopic (exact) mass is 280 g/mol. The Labute approximate surface area is 123 Å². The molecule has 0 bridgehead atoms. The van der Waals surface area contributed by atoms with Gasteiger partial charge in [0.1, 0.15) is 5.75 Å². The van der Waals surface area contributed by atoms with E-state index in [2.05, 4.69) is 9.97 Å². The number of ether oxygens (including phenoxy) is 2. The summed E-state index contributed by atoms with van der Waals surface area (Å²) in [7, 11) is 3.28. The van der Waals surface area contributed by atoms with Crippen LogP contribution in [0.15, 0.2) is 42.7 Å². The second-order valence-corrected chi connectivity index (χ2v) is 4.81. The fourth-order valence-corrected chi connectivity index (χ4v) is 2.32. The molecule has 0 aliphatic heterocycles. The third-order valence-electron chi connectivity index (χ3n) is 3.44. The van der Waals surface area contributed by atoms with E-state index in [1.54, 1.807) is 20.4 Å². The molecule has 3 rings (SSSR count). The highest BCUT2D eigenvalue weighted by Crippen LogP contribution is 2.34. The normalized spacial score (nSPS) is 10.6. The number of hydrogen-bond acceptors (Lipinski definition) is 4. The maximum atomic E-state index is 5.34. The molecule has 0 unspecified atom stereocenters. The highest BCUT2D eigenvalue weighted by molar-refractivity contribution is 5.98. The Hall–Kier alpha value is -2.62. The standard InChI is InChI=1S/C17H16N2O2/c1-11-4-7-16(18-9-11)15-10-19-17(21-3)13-6-5-12(20-2)8-14(13)15/h4-10H,1-3H3. The molecule has 0 fully saturated rings. The van der Waals surface area contributed by atoms with Crippen molar-refractivity contribution in [1.82, 2.24) is 9.97 Å². The zero-order valence-electron chi connectivity index (χ0n) is 12.3. The van der Waals surface area contributed by atoms with Gasteiger partial charge in [0.05, 0.1) is 19.9 Å². The van der Waals surface area contributed by atoms with Crippen molar-refractivity contribution in [3.05, 3.63) is 48.3 Å². The van der Waals surface area contributed by atoms with Crippen LogP contribution in [0, 0.1) is 6.92 Å². The number of hydrogen-bond donors (Lipinski definition) is 0. The van der Waals surface area contributed by atoms with Crippen molar-refractivity contribution in [3.8, 4) is 22.9 Å². The third-order valence-corrected chi connectivity index (χ3v) is 3.44. The van der Waals surface area contributed by atoms with Crippen LogP contribution in [0.2, 0.25) is 0 Å². The van der Waals surface area contributed by atoms with Crippen molar-refractivity contribution >= 4 is 10.8 Å². The third kappa shape index (κ3) is 2.40. The molecule has 2 heterocycles. The van der Waals surface area contributed by atoms with Gasteiger partial charge in [-0.25, -0.2) is 4.98 Å². The molecule has 4 heteroatoms. The van der Waals surface area contributed by atoms with Crippen molar-refractivity contribution in [1.29, 1.82) is 0 Å². The molecule has 2 aromatic heterocycles. The molecule has 0 saturated heterocycles. The molecule has 0 atom stereocenters. The van der Waals surface area contributed by atoms with Gasteiger partial charge in [-0.15, -0.1) is 0 Å². The Balaban J connectivity index is 2.29. The second kappa shape index (κ2) is 5.40. The van der Waals surface area contributed by atoms with Crippen LogP contribution in [0.25, 0.3) is 22.0 Å². The molecule has 0 spiro atoms. The quantitative estimate of drug-likeness (QED) is 0.735. The van der Waals surface area contributed by atoms with Crippen LogP contribution in [0.4, 0.5) is 0 Å². The molecule has 0 amide bonds. The fraction of sp³-hybridized carbons (Fsp3) is 0.176. The first-order valence-corrected chi connectivity index (χ1v) is 6.66. The second-order valence-electron chi connectivity index (χ2n) is 4.81.